The van der Waals surface area contributed by atoms with E-state index >= 15 is 0 Å². The quantitative estimate of drug-likeness (QED) is 0.831. The van der Waals surface area contributed by atoms with Gasteiger partial charge >= 0.3 is 0 Å². The molecule has 0 bridgehead atoms. The number of ether oxygens (including phenoxy) is 1. The fraction of sp³-hybridized carbons (Fsp3) is 0.350. The fourth-order valence-electron chi connectivity index (χ4n) is 3.44. The molecule has 0 aliphatic carbocycles. The van der Waals surface area contributed by atoms with Crippen molar-refractivity contribution < 1.29 is 19.1 Å². The van der Waals surface area contributed by atoms with Crippen molar-refractivity contribution in [2.24, 2.45) is 5.92 Å². The standard InChI is InChI=1S/C20H21N3O4S/c1-12-18(24)22-16-10-15(2-3-17(16)27-12)21-19(25)13-4-7-23(8-5-13)20(26)14-6-9-28-11-14/h2-3,6,9-13H,4-5,7-8H2,1H3,(H,21,25)(H,22,24). The Balaban J connectivity index is 1.34. The van der Waals surface area contributed by atoms with Gasteiger partial charge in [-0.05, 0) is 49.4 Å². The summed E-state index contributed by atoms with van der Waals surface area (Å²) in [6.45, 7) is 2.82. The van der Waals surface area contributed by atoms with Gasteiger partial charge in [-0.2, -0.15) is 11.3 Å². The van der Waals surface area contributed by atoms with E-state index in [4.69, 9.17) is 4.74 Å². The van der Waals surface area contributed by atoms with Crippen LogP contribution >= 0.6 is 11.3 Å². The van der Waals surface area contributed by atoms with Crippen molar-refractivity contribution in [3.8, 4) is 5.75 Å². The first kappa shape index (κ1) is 18.5. The first-order valence-corrected chi connectivity index (χ1v) is 10.2. The summed E-state index contributed by atoms with van der Waals surface area (Å²) in [7, 11) is 0. The average Bonchev–Trinajstić information content (AvgIpc) is 3.23. The van der Waals surface area contributed by atoms with E-state index in [2.05, 4.69) is 10.6 Å². The summed E-state index contributed by atoms with van der Waals surface area (Å²) in [6.07, 6.45) is 0.725. The number of hydrogen-bond donors (Lipinski definition) is 2. The van der Waals surface area contributed by atoms with Crippen LogP contribution in [0.5, 0.6) is 5.75 Å². The van der Waals surface area contributed by atoms with Crippen LogP contribution in [0.1, 0.15) is 30.1 Å². The number of benzene rings is 1. The third kappa shape index (κ3) is 3.73. The lowest BCUT2D eigenvalue weighted by Crippen LogP contribution is -2.41. The average molecular weight is 399 g/mol. The predicted octanol–water partition coefficient (Wildman–Crippen LogP) is 2.96. The van der Waals surface area contributed by atoms with Crippen LogP contribution in [-0.4, -0.2) is 41.8 Å². The molecule has 7 nitrogen and oxygen atoms in total. The van der Waals surface area contributed by atoms with Crippen LogP contribution in [0.15, 0.2) is 35.0 Å². The van der Waals surface area contributed by atoms with Gasteiger partial charge in [0.1, 0.15) is 5.75 Å². The minimum atomic E-state index is -0.532. The monoisotopic (exact) mass is 399 g/mol. The predicted molar refractivity (Wildman–Crippen MR) is 107 cm³/mol. The van der Waals surface area contributed by atoms with Gasteiger partial charge < -0.3 is 20.3 Å². The SMILES string of the molecule is CC1Oc2ccc(NC(=O)C3CCN(C(=O)c4ccsc4)CC3)cc2NC1=O. The van der Waals surface area contributed by atoms with Gasteiger partial charge in [0.15, 0.2) is 6.10 Å². The van der Waals surface area contributed by atoms with E-state index in [-0.39, 0.29) is 23.6 Å². The van der Waals surface area contributed by atoms with Crippen molar-refractivity contribution in [1.29, 1.82) is 0 Å². The first-order valence-electron chi connectivity index (χ1n) is 9.25. The van der Waals surface area contributed by atoms with Gasteiger partial charge in [0, 0.05) is 30.1 Å². The number of nitrogens with zero attached hydrogens (tertiary/aromatic N) is 1. The highest BCUT2D eigenvalue weighted by molar-refractivity contribution is 7.08. The van der Waals surface area contributed by atoms with Gasteiger partial charge in [0.05, 0.1) is 11.3 Å². The summed E-state index contributed by atoms with van der Waals surface area (Å²) in [5.41, 5.74) is 1.87. The molecule has 2 N–H and O–H groups in total. The van der Waals surface area contributed by atoms with Crippen LogP contribution in [-0.2, 0) is 9.59 Å². The van der Waals surface area contributed by atoms with E-state index in [0.29, 0.717) is 48.6 Å². The lowest BCUT2D eigenvalue weighted by atomic mass is 9.95. The molecule has 1 saturated heterocycles. The minimum absolute atomic E-state index is 0.0276. The second kappa shape index (κ2) is 7.63. The summed E-state index contributed by atoms with van der Waals surface area (Å²) in [6, 6.07) is 7.02. The zero-order chi connectivity index (χ0) is 19.7. The van der Waals surface area contributed by atoms with Crippen LogP contribution in [0.4, 0.5) is 11.4 Å². The Morgan fingerprint density at radius 2 is 2.04 bits per heavy atom. The molecule has 146 valence electrons. The second-order valence-electron chi connectivity index (χ2n) is 7.03. The molecule has 1 atom stereocenters. The summed E-state index contributed by atoms with van der Waals surface area (Å²) in [5.74, 6) is 0.191. The van der Waals surface area contributed by atoms with Crippen molar-refractivity contribution in [1.82, 2.24) is 4.90 Å². The van der Waals surface area contributed by atoms with Crippen LogP contribution in [0, 0.1) is 5.92 Å². The number of anilines is 2. The van der Waals surface area contributed by atoms with Gasteiger partial charge in [-0.25, -0.2) is 0 Å². The van der Waals surface area contributed by atoms with Crippen LogP contribution < -0.4 is 15.4 Å². The maximum atomic E-state index is 12.6. The van der Waals surface area contributed by atoms with Crippen LogP contribution in [0.2, 0.25) is 0 Å². The number of likely N-dealkylation sites (tertiary alicyclic amines) is 1. The maximum absolute atomic E-state index is 12.6. The lowest BCUT2D eigenvalue weighted by Gasteiger charge is -2.31. The molecule has 2 aromatic rings. The molecule has 1 unspecified atom stereocenters. The topological polar surface area (TPSA) is 87.7 Å². The molecule has 8 heteroatoms. The zero-order valence-electron chi connectivity index (χ0n) is 15.4. The van der Waals surface area contributed by atoms with Gasteiger partial charge in [-0.15, -0.1) is 0 Å². The van der Waals surface area contributed by atoms with E-state index < -0.39 is 6.10 Å². The first-order chi connectivity index (χ1) is 13.5. The van der Waals surface area contributed by atoms with E-state index in [9.17, 15) is 14.4 Å². The van der Waals surface area contributed by atoms with Gasteiger partial charge in [-0.1, -0.05) is 0 Å². The van der Waals surface area contributed by atoms with Gasteiger partial charge in [-0.3, -0.25) is 14.4 Å². The molecule has 3 amide bonds. The Morgan fingerprint density at radius 1 is 1.25 bits per heavy atom. The molecular weight excluding hydrogens is 378 g/mol. The molecule has 2 aliphatic rings. The Labute approximate surface area is 166 Å². The third-order valence-electron chi connectivity index (χ3n) is 5.10. The van der Waals surface area contributed by atoms with Crippen molar-refractivity contribution in [3.63, 3.8) is 0 Å². The van der Waals surface area contributed by atoms with Crippen molar-refractivity contribution in [3.05, 3.63) is 40.6 Å². The lowest BCUT2D eigenvalue weighted by molar-refractivity contribution is -0.122. The molecule has 0 spiro atoms. The summed E-state index contributed by atoms with van der Waals surface area (Å²) >= 11 is 1.50. The molecule has 0 saturated carbocycles. The van der Waals surface area contributed by atoms with Crippen molar-refractivity contribution >= 4 is 40.4 Å². The van der Waals surface area contributed by atoms with Crippen LogP contribution in [0.3, 0.4) is 0 Å². The molecule has 1 aromatic carbocycles. The smallest absolute Gasteiger partial charge is 0.265 e. The number of thiophene rings is 1. The molecule has 4 rings (SSSR count). The Morgan fingerprint density at radius 3 is 2.75 bits per heavy atom. The van der Waals surface area contributed by atoms with Crippen molar-refractivity contribution in [2.45, 2.75) is 25.9 Å². The van der Waals surface area contributed by atoms with Crippen molar-refractivity contribution in [2.75, 3.05) is 23.7 Å². The molecule has 0 radical (unpaired) electrons. The number of fused-ring (bicyclic) bond motifs is 1. The highest BCUT2D eigenvalue weighted by atomic mass is 32.1. The fourth-order valence-corrected chi connectivity index (χ4v) is 4.07. The Bertz CT molecular complexity index is 904. The highest BCUT2D eigenvalue weighted by Gasteiger charge is 2.29. The number of carbonyl (C=O) groups is 3. The summed E-state index contributed by atoms with van der Waals surface area (Å²) < 4.78 is 5.52. The molecule has 1 fully saturated rings. The number of amides is 3. The van der Waals surface area contributed by atoms with Crippen LogP contribution in [0.25, 0.3) is 0 Å². The summed E-state index contributed by atoms with van der Waals surface area (Å²) in [5, 5.41) is 9.42. The van der Waals surface area contributed by atoms with E-state index in [1.807, 2.05) is 16.8 Å². The highest BCUT2D eigenvalue weighted by Crippen LogP contribution is 2.32. The number of rotatable bonds is 3. The molecule has 28 heavy (non-hydrogen) atoms. The van der Waals surface area contributed by atoms with E-state index in [0.717, 1.165) is 0 Å². The Hall–Kier alpha value is -2.87. The Kier molecular flexibility index (Phi) is 5.04. The largest absolute Gasteiger partial charge is 0.479 e. The number of nitrogens with one attached hydrogen (secondary N) is 2. The van der Waals surface area contributed by atoms with E-state index in [1.165, 1.54) is 11.3 Å². The molecule has 3 heterocycles. The zero-order valence-corrected chi connectivity index (χ0v) is 16.3. The van der Waals surface area contributed by atoms with Gasteiger partial charge in [0.2, 0.25) is 5.91 Å². The number of carbonyl (C=O) groups excluding carboxylic acids is 3. The molecule has 1 aromatic heterocycles. The maximum Gasteiger partial charge on any atom is 0.265 e. The van der Waals surface area contributed by atoms with E-state index in [1.54, 1.807) is 30.0 Å². The number of piperidine rings is 1. The summed E-state index contributed by atoms with van der Waals surface area (Å²) in [4.78, 5) is 38.6. The third-order valence-corrected chi connectivity index (χ3v) is 5.78. The normalized spacial score (nSPS) is 19.4. The minimum Gasteiger partial charge on any atom is -0.479 e. The second-order valence-corrected chi connectivity index (χ2v) is 7.81. The number of hydrogen-bond acceptors (Lipinski definition) is 5. The molecule has 2 aliphatic heterocycles. The molecular formula is C20H21N3O4S. The van der Waals surface area contributed by atoms with Gasteiger partial charge in [0.25, 0.3) is 11.8 Å².